The van der Waals surface area contributed by atoms with Crippen molar-refractivity contribution in [3.05, 3.63) is 97.5 Å². The predicted octanol–water partition coefficient (Wildman–Crippen LogP) is 6.94. The molecule has 39 heavy (non-hydrogen) atoms. The summed E-state index contributed by atoms with van der Waals surface area (Å²) in [6.45, 7) is 8.39. The number of nitrogens with one attached hydrogen (secondary N) is 1. The average Bonchev–Trinajstić information content (AvgIpc) is 3.28. The number of hydrogen-bond donors (Lipinski definition) is 1. The van der Waals surface area contributed by atoms with Crippen LogP contribution in [0.4, 0.5) is 16.3 Å². The number of carbonyl (C=O) groups excluding carboxylic acids is 1. The van der Waals surface area contributed by atoms with E-state index in [9.17, 15) is 9.59 Å². The van der Waals surface area contributed by atoms with Gasteiger partial charge in [-0.15, -0.1) is 5.10 Å². The summed E-state index contributed by atoms with van der Waals surface area (Å²) in [6, 6.07) is 13.8. The van der Waals surface area contributed by atoms with Crippen molar-refractivity contribution in [1.29, 1.82) is 0 Å². The van der Waals surface area contributed by atoms with Gasteiger partial charge in [-0.2, -0.15) is 0 Å². The van der Waals surface area contributed by atoms with Gasteiger partial charge in [0, 0.05) is 23.3 Å². The van der Waals surface area contributed by atoms with Crippen LogP contribution >= 0.6 is 23.2 Å². The molecule has 202 valence electrons. The largest absolute Gasteiger partial charge is 0.494 e. The van der Waals surface area contributed by atoms with Crippen molar-refractivity contribution in [2.45, 2.75) is 46.2 Å². The van der Waals surface area contributed by atoms with E-state index in [-0.39, 0.29) is 22.5 Å². The Morgan fingerprint density at radius 3 is 2.51 bits per heavy atom. The third-order valence-electron chi connectivity index (χ3n) is 6.97. The second-order valence-electron chi connectivity index (χ2n) is 9.73. The van der Waals surface area contributed by atoms with E-state index in [1.54, 1.807) is 24.3 Å². The topological polar surface area (TPSA) is 81.4 Å². The molecule has 1 N–H and O–H groups in total. The number of benzene rings is 2. The van der Waals surface area contributed by atoms with Crippen LogP contribution in [0.1, 0.15) is 55.1 Å². The number of anilines is 2. The van der Waals surface area contributed by atoms with Crippen LogP contribution < -0.4 is 20.5 Å². The molecule has 0 radical (unpaired) electrons. The van der Waals surface area contributed by atoms with Gasteiger partial charge in [-0.1, -0.05) is 55.2 Å². The van der Waals surface area contributed by atoms with Crippen molar-refractivity contribution >= 4 is 40.7 Å². The number of nitrogens with zero attached hydrogens (tertiary/aromatic N) is 4. The van der Waals surface area contributed by atoms with Gasteiger partial charge in [-0.3, -0.25) is 15.0 Å². The standard InChI is InChI=1S/C29H29Cl2N5O3/c1-6-34-15-19(14-21(31)28(34)37)35-26(20-12-11-18(30)13-17(20)4)24-25(16(2)3)36(33-27(24)32-29(35)38)22-9-7-8-10-23(22)39-5/h7-16,26H,6H2,1-5H3,(H,32,33,38). The lowest BCUT2D eigenvalue weighted by Crippen LogP contribution is -2.44. The fourth-order valence-electron chi connectivity index (χ4n) is 5.21. The van der Waals surface area contributed by atoms with Crippen LogP contribution in [0.3, 0.4) is 0 Å². The van der Waals surface area contributed by atoms with Crippen LogP contribution in [-0.2, 0) is 6.54 Å². The summed E-state index contributed by atoms with van der Waals surface area (Å²) in [5.74, 6) is 1.13. The maximum Gasteiger partial charge on any atom is 0.328 e. The average molecular weight is 566 g/mol. The molecular weight excluding hydrogens is 537 g/mol. The predicted molar refractivity (Wildman–Crippen MR) is 155 cm³/mol. The van der Waals surface area contributed by atoms with Gasteiger partial charge in [0.05, 0.1) is 24.5 Å². The second kappa shape index (κ2) is 10.4. The van der Waals surface area contributed by atoms with Gasteiger partial charge in [-0.05, 0) is 61.2 Å². The molecule has 1 aliphatic rings. The van der Waals surface area contributed by atoms with E-state index in [0.717, 1.165) is 28.1 Å². The minimum absolute atomic E-state index is 0.0197. The van der Waals surface area contributed by atoms with Gasteiger partial charge in [-0.25, -0.2) is 9.48 Å². The van der Waals surface area contributed by atoms with Crippen LogP contribution in [0.15, 0.2) is 59.5 Å². The van der Waals surface area contributed by atoms with Gasteiger partial charge in [0.25, 0.3) is 5.56 Å². The van der Waals surface area contributed by atoms with E-state index in [1.807, 2.05) is 61.0 Å². The highest BCUT2D eigenvalue weighted by molar-refractivity contribution is 6.31. The fourth-order valence-corrected chi connectivity index (χ4v) is 5.66. The number of rotatable bonds is 6. The number of para-hydroxylation sites is 2. The second-order valence-corrected chi connectivity index (χ2v) is 10.6. The number of aryl methyl sites for hydroxylation is 2. The smallest absolute Gasteiger partial charge is 0.328 e. The third-order valence-corrected chi connectivity index (χ3v) is 7.47. The molecule has 0 saturated carbocycles. The number of amides is 2. The Morgan fingerprint density at radius 2 is 1.85 bits per heavy atom. The minimum atomic E-state index is -0.578. The maximum absolute atomic E-state index is 13.8. The van der Waals surface area contributed by atoms with Crippen molar-refractivity contribution in [1.82, 2.24) is 14.3 Å². The number of pyridine rings is 1. The summed E-state index contributed by atoms with van der Waals surface area (Å²) in [7, 11) is 1.62. The first-order chi connectivity index (χ1) is 18.7. The van der Waals surface area contributed by atoms with Crippen molar-refractivity contribution in [3.8, 4) is 11.4 Å². The number of hydrogen-bond acceptors (Lipinski definition) is 4. The van der Waals surface area contributed by atoms with E-state index < -0.39 is 6.04 Å². The van der Waals surface area contributed by atoms with E-state index >= 15 is 0 Å². The van der Waals surface area contributed by atoms with E-state index in [0.29, 0.717) is 28.8 Å². The molecule has 8 nitrogen and oxygen atoms in total. The summed E-state index contributed by atoms with van der Waals surface area (Å²) in [5, 5.41) is 8.51. The molecule has 1 unspecified atom stereocenters. The molecule has 4 aromatic rings. The lowest BCUT2D eigenvalue weighted by atomic mass is 9.89. The van der Waals surface area contributed by atoms with Crippen LogP contribution in [0.2, 0.25) is 10.0 Å². The number of methoxy groups -OCH3 is 1. The summed E-state index contributed by atoms with van der Waals surface area (Å²) < 4.78 is 8.99. The molecule has 0 bridgehead atoms. The van der Waals surface area contributed by atoms with Gasteiger partial charge in [0.15, 0.2) is 5.82 Å². The quantitative estimate of drug-likeness (QED) is 0.274. The monoisotopic (exact) mass is 565 g/mol. The van der Waals surface area contributed by atoms with Gasteiger partial charge >= 0.3 is 6.03 Å². The number of ether oxygens (including phenoxy) is 1. The zero-order chi connectivity index (χ0) is 28.0. The molecule has 0 saturated heterocycles. The molecule has 0 aliphatic carbocycles. The van der Waals surface area contributed by atoms with E-state index in [2.05, 4.69) is 19.2 Å². The van der Waals surface area contributed by atoms with Crippen LogP contribution in [0, 0.1) is 6.92 Å². The molecule has 3 heterocycles. The Hall–Kier alpha value is -3.75. The first-order valence-electron chi connectivity index (χ1n) is 12.7. The first kappa shape index (κ1) is 26.8. The zero-order valence-corrected chi connectivity index (χ0v) is 23.8. The zero-order valence-electron chi connectivity index (χ0n) is 22.3. The molecule has 2 amide bonds. The van der Waals surface area contributed by atoms with Crippen molar-refractivity contribution < 1.29 is 9.53 Å². The lowest BCUT2D eigenvalue weighted by Gasteiger charge is -2.37. The molecule has 0 fully saturated rings. The SMILES string of the molecule is CCn1cc(N2C(=O)Nc3nn(-c4ccccc4OC)c(C(C)C)c3C2c2ccc(Cl)cc2C)cc(Cl)c1=O. The third kappa shape index (κ3) is 4.57. The van der Waals surface area contributed by atoms with Crippen LogP contribution in [-0.4, -0.2) is 27.5 Å². The highest BCUT2D eigenvalue weighted by Gasteiger charge is 2.41. The van der Waals surface area contributed by atoms with Crippen LogP contribution in [0.25, 0.3) is 5.69 Å². The molecule has 2 aromatic carbocycles. The Morgan fingerprint density at radius 1 is 1.10 bits per heavy atom. The molecule has 10 heteroatoms. The van der Waals surface area contributed by atoms with Crippen molar-refractivity contribution in [2.75, 3.05) is 17.3 Å². The van der Waals surface area contributed by atoms with Gasteiger partial charge < -0.3 is 9.30 Å². The number of urea groups is 1. The lowest BCUT2D eigenvalue weighted by molar-refractivity contribution is 0.254. The van der Waals surface area contributed by atoms with E-state index in [1.165, 1.54) is 4.57 Å². The summed E-state index contributed by atoms with van der Waals surface area (Å²) in [5.41, 5.74) is 4.47. The molecular formula is C29H29Cl2N5O3. The molecule has 1 aliphatic heterocycles. The number of aromatic nitrogens is 3. The van der Waals surface area contributed by atoms with Gasteiger partial charge in [0.2, 0.25) is 0 Å². The number of fused-ring (bicyclic) bond motifs is 1. The normalized spacial score (nSPS) is 14.9. The molecule has 1 atom stereocenters. The van der Waals surface area contributed by atoms with E-state index in [4.69, 9.17) is 33.0 Å². The highest BCUT2D eigenvalue weighted by Crippen LogP contribution is 2.46. The first-order valence-corrected chi connectivity index (χ1v) is 13.4. The molecule has 2 aromatic heterocycles. The minimum Gasteiger partial charge on any atom is -0.494 e. The molecule has 0 spiro atoms. The van der Waals surface area contributed by atoms with Crippen molar-refractivity contribution in [3.63, 3.8) is 0 Å². The Balaban J connectivity index is 1.85. The van der Waals surface area contributed by atoms with Crippen molar-refractivity contribution in [2.24, 2.45) is 0 Å². The number of halogens is 2. The molecule has 5 rings (SSSR count). The summed E-state index contributed by atoms with van der Waals surface area (Å²) in [4.78, 5) is 28.1. The Bertz CT molecular complexity index is 1640. The Kier molecular flexibility index (Phi) is 7.18. The van der Waals surface area contributed by atoms with Gasteiger partial charge in [0.1, 0.15) is 16.5 Å². The maximum atomic E-state index is 13.8. The summed E-state index contributed by atoms with van der Waals surface area (Å²) >= 11 is 12.7. The van der Waals surface area contributed by atoms with Crippen LogP contribution in [0.5, 0.6) is 5.75 Å². The Labute approximate surface area is 236 Å². The highest BCUT2D eigenvalue weighted by atomic mass is 35.5. The summed E-state index contributed by atoms with van der Waals surface area (Å²) in [6.07, 6.45) is 1.66. The fraction of sp³-hybridized carbons (Fsp3) is 0.276. The number of carbonyl (C=O) groups is 1.